The van der Waals surface area contributed by atoms with Gasteiger partial charge >= 0.3 is 16.5 Å². The number of rotatable bonds is 14. The number of anilines is 4. The lowest BCUT2D eigenvalue weighted by Crippen LogP contribution is -2.27. The van der Waals surface area contributed by atoms with Crippen molar-refractivity contribution in [1.29, 1.82) is 0 Å². The van der Waals surface area contributed by atoms with Gasteiger partial charge in [0.1, 0.15) is 24.8 Å². The molecular weight excluding hydrogens is 1510 g/mol. The molecule has 4 N–H and O–H groups in total. The molecule has 3 aromatic carbocycles. The third-order valence-electron chi connectivity index (χ3n) is 11.8. The summed E-state index contributed by atoms with van der Waals surface area (Å²) in [5, 5.41) is 2.50. The summed E-state index contributed by atoms with van der Waals surface area (Å²) in [7, 11) is 4.93. The molecule has 7 aromatic heterocycles. The van der Waals surface area contributed by atoms with Crippen LogP contribution in [0.2, 0.25) is 0 Å². The highest BCUT2D eigenvalue weighted by molar-refractivity contribution is 9.11. The highest BCUT2D eigenvalue weighted by Crippen LogP contribution is 2.48. The fourth-order valence-corrected chi connectivity index (χ4v) is 18.3. The number of aryl methyl sites for hydroxylation is 1. The van der Waals surface area contributed by atoms with Crippen molar-refractivity contribution < 1.29 is 49.1 Å². The lowest BCUT2D eigenvalue weighted by molar-refractivity contribution is -0.0338. The molecule has 0 unspecified atom stereocenters. The number of imidazole rings is 1. The zero-order valence-corrected chi connectivity index (χ0v) is 57.2. The Kier molecular flexibility index (Phi) is 22.4. The van der Waals surface area contributed by atoms with Gasteiger partial charge in [0.05, 0.1) is 57.3 Å². The minimum absolute atomic E-state index is 0.0520. The predicted molar refractivity (Wildman–Crippen MR) is 354 cm³/mol. The molecule has 0 atom stereocenters. The van der Waals surface area contributed by atoms with Crippen LogP contribution in [0.15, 0.2) is 135 Å². The molecular formula is C54H43Br3F9N9O2S9. The number of amides is 2. The standard InChI is InChI=1S/2C18H15BrF3N3OS3.C18H13BrF3N3S3/c2*1-3-27-15-10-5-4-9(19)6-13(10)28-16(15)17(26)25(2)12-8-24-14(7-11(12)23)29-18(20,21)22;1-3-26-15-10-5-4-9(19)6-13(10)27-16(15)17-24-11-7-14(28-18(20,21)22)23-8-12(11)25(17)2/h2*4-8H,3H2,1-2H3,(H2,23,24);4-8H,3H2,1-2H3. The summed E-state index contributed by atoms with van der Waals surface area (Å²) in [5.74, 6) is 2.65. The molecule has 0 bridgehead atoms. The summed E-state index contributed by atoms with van der Waals surface area (Å²) in [6.07, 6.45) is 3.84. The maximum absolute atomic E-state index is 13.2. The van der Waals surface area contributed by atoms with E-state index in [2.05, 4.69) is 86.8 Å². The maximum atomic E-state index is 13.2. The van der Waals surface area contributed by atoms with Gasteiger partial charge in [-0.3, -0.25) is 9.59 Å². The average molecular weight is 1550 g/mol. The normalized spacial score (nSPS) is 12.0. The first-order valence-corrected chi connectivity index (χ1v) is 34.9. The Morgan fingerprint density at radius 3 is 1.29 bits per heavy atom. The zero-order chi connectivity index (χ0) is 62.7. The molecule has 0 aliphatic rings. The van der Waals surface area contributed by atoms with Crippen LogP contribution in [0.5, 0.6) is 0 Å². The first kappa shape index (κ1) is 67.8. The second-order valence-corrected chi connectivity index (χ2v) is 30.5. The van der Waals surface area contributed by atoms with Gasteiger partial charge in [-0.15, -0.1) is 69.3 Å². The Labute approximate surface area is 548 Å². The van der Waals surface area contributed by atoms with E-state index in [4.69, 9.17) is 11.5 Å². The van der Waals surface area contributed by atoms with Gasteiger partial charge in [-0.25, -0.2) is 19.9 Å². The monoisotopic (exact) mass is 1540 g/mol. The Bertz CT molecular complexity index is 3990. The maximum Gasteiger partial charge on any atom is 0.447 e. The number of pyridine rings is 3. The van der Waals surface area contributed by atoms with E-state index >= 15 is 0 Å². The fraction of sp³-hybridized carbons (Fsp3) is 0.222. The van der Waals surface area contributed by atoms with Crippen LogP contribution >= 0.6 is 152 Å². The van der Waals surface area contributed by atoms with Gasteiger partial charge in [0.15, 0.2) is 5.82 Å². The molecule has 0 aliphatic carbocycles. The number of fused-ring (bicyclic) bond motifs is 4. The largest absolute Gasteiger partial charge is 0.447 e. The first-order valence-electron chi connectivity index (χ1n) is 24.7. The van der Waals surface area contributed by atoms with E-state index < -0.39 is 16.5 Å². The Hall–Kier alpha value is -4.09. The number of hydrogen-bond acceptors (Lipinski definition) is 17. The second kappa shape index (κ2) is 28.4. The van der Waals surface area contributed by atoms with Crippen molar-refractivity contribution in [2.75, 3.05) is 52.6 Å². The SMILES string of the molecule is CCSc1c(-c2nc3cc(SC(F)(F)F)ncc3n2C)sc2cc(Br)ccc12.CCSc1c(C(=O)N(C)c2cnc(SC(F)(F)F)cc2N)sc2cc(Br)ccc12.CCSc1c(C(=O)N(C)c2cnc(SC(F)(F)F)cc2N)sc2cc(Br)ccc12. The molecule has 454 valence electrons. The van der Waals surface area contributed by atoms with E-state index in [1.807, 2.05) is 67.9 Å². The molecule has 0 saturated heterocycles. The minimum Gasteiger partial charge on any atom is -0.397 e. The zero-order valence-electron chi connectivity index (χ0n) is 45.1. The van der Waals surface area contributed by atoms with Gasteiger partial charge in [0.2, 0.25) is 0 Å². The van der Waals surface area contributed by atoms with Gasteiger partial charge in [-0.1, -0.05) is 86.8 Å². The van der Waals surface area contributed by atoms with Crippen molar-refractivity contribution in [3.8, 4) is 10.7 Å². The van der Waals surface area contributed by atoms with E-state index in [1.165, 1.54) is 71.2 Å². The van der Waals surface area contributed by atoms with Crippen molar-refractivity contribution in [1.82, 2.24) is 24.5 Å². The molecule has 7 heterocycles. The van der Waals surface area contributed by atoms with Crippen LogP contribution < -0.4 is 21.3 Å². The Balaban J connectivity index is 0.000000168. The van der Waals surface area contributed by atoms with Gasteiger partial charge < -0.3 is 25.8 Å². The lowest BCUT2D eigenvalue weighted by atomic mass is 10.2. The van der Waals surface area contributed by atoms with E-state index in [-0.39, 0.29) is 84.9 Å². The van der Waals surface area contributed by atoms with Crippen molar-refractivity contribution in [3.05, 3.63) is 115 Å². The molecule has 0 aliphatic heterocycles. The van der Waals surface area contributed by atoms with Crippen LogP contribution in [0.3, 0.4) is 0 Å². The summed E-state index contributed by atoms with van der Waals surface area (Å²) in [5.41, 5.74) is 0.388. The van der Waals surface area contributed by atoms with E-state index in [0.29, 0.717) is 20.8 Å². The number of thioether (sulfide) groups is 6. The highest BCUT2D eigenvalue weighted by atomic mass is 79.9. The predicted octanol–water partition coefficient (Wildman–Crippen LogP) is 20.6. The molecule has 86 heavy (non-hydrogen) atoms. The van der Waals surface area contributed by atoms with Crippen molar-refractivity contribution in [2.45, 2.75) is 67.1 Å². The van der Waals surface area contributed by atoms with Crippen LogP contribution in [0.4, 0.5) is 62.3 Å². The van der Waals surface area contributed by atoms with E-state index in [1.54, 1.807) is 46.6 Å². The quantitative estimate of drug-likeness (QED) is 0.0785. The number of nitrogens with zero attached hydrogens (tertiary/aromatic N) is 7. The van der Waals surface area contributed by atoms with Crippen LogP contribution in [0.1, 0.15) is 40.1 Å². The number of benzene rings is 3. The number of aromatic nitrogens is 5. The number of nitrogens with two attached hydrogens (primary N) is 2. The first-order chi connectivity index (χ1) is 40.5. The number of halogens is 12. The number of nitrogen functional groups attached to an aromatic ring is 2. The van der Waals surface area contributed by atoms with Crippen LogP contribution in [0.25, 0.3) is 52.0 Å². The molecule has 0 saturated carbocycles. The molecule has 0 fully saturated rings. The molecule has 11 nitrogen and oxygen atoms in total. The third kappa shape index (κ3) is 16.5. The summed E-state index contributed by atoms with van der Waals surface area (Å²) >= 11 is 18.7. The lowest BCUT2D eigenvalue weighted by Gasteiger charge is -2.19. The fourth-order valence-electron chi connectivity index (χ4n) is 8.20. The third-order valence-corrected chi connectivity index (χ3v) is 22.1. The topological polar surface area (TPSA) is 149 Å². The molecule has 32 heteroatoms. The molecule has 10 rings (SSSR count). The smallest absolute Gasteiger partial charge is 0.397 e. The Morgan fingerprint density at radius 2 is 0.907 bits per heavy atom. The molecule has 10 aromatic rings. The van der Waals surface area contributed by atoms with Crippen molar-refractivity contribution in [3.63, 3.8) is 0 Å². The van der Waals surface area contributed by atoms with Crippen LogP contribution in [0, 0.1) is 0 Å². The summed E-state index contributed by atoms with van der Waals surface area (Å²) in [4.78, 5) is 50.3. The van der Waals surface area contributed by atoms with Crippen LogP contribution in [-0.2, 0) is 7.05 Å². The van der Waals surface area contributed by atoms with Gasteiger partial charge in [0.25, 0.3) is 11.8 Å². The van der Waals surface area contributed by atoms with Crippen LogP contribution in [-0.4, -0.2) is 84.2 Å². The summed E-state index contributed by atoms with van der Waals surface area (Å²) in [6.45, 7) is 6.10. The van der Waals surface area contributed by atoms with Gasteiger partial charge in [-0.05, 0) is 71.9 Å². The number of hydrogen-bond donors (Lipinski definition) is 2. The molecule has 2 amide bonds. The molecule has 0 radical (unpaired) electrons. The summed E-state index contributed by atoms with van der Waals surface area (Å²) < 4.78 is 121. The Morgan fingerprint density at radius 1 is 0.547 bits per heavy atom. The molecule has 0 spiro atoms. The number of thiophene rings is 3. The number of carbonyl (C=O) groups excluding carboxylic acids is 2. The number of alkyl halides is 9. The summed E-state index contributed by atoms with van der Waals surface area (Å²) in [6, 6.07) is 21.5. The van der Waals surface area contributed by atoms with Crippen molar-refractivity contribution in [2.24, 2.45) is 7.05 Å². The number of carbonyl (C=O) groups is 2. The highest BCUT2D eigenvalue weighted by Gasteiger charge is 2.34. The average Bonchev–Trinajstić information content (AvgIpc) is 1.85. The van der Waals surface area contributed by atoms with Gasteiger partial charge in [0, 0.05) is 115 Å². The van der Waals surface area contributed by atoms with E-state index in [9.17, 15) is 49.1 Å². The van der Waals surface area contributed by atoms with Gasteiger partial charge in [-0.2, -0.15) is 39.5 Å². The van der Waals surface area contributed by atoms with Crippen molar-refractivity contribution >= 4 is 228 Å². The minimum atomic E-state index is -4.46. The van der Waals surface area contributed by atoms with E-state index in [0.717, 1.165) is 98.5 Å². The second-order valence-electron chi connectivity index (χ2n) is 17.5.